The molecule has 0 unspecified atom stereocenters. The number of nitrogens with two attached hydrogens (primary N) is 1. The maximum Gasteiger partial charge on any atom is 0.322 e. The number of halogens is 2. The Morgan fingerprint density at radius 2 is 2.07 bits per heavy atom. The van der Waals surface area contributed by atoms with Crippen molar-refractivity contribution in [3.05, 3.63) is 95.2 Å². The van der Waals surface area contributed by atoms with Crippen LogP contribution < -0.4 is 15.8 Å². The van der Waals surface area contributed by atoms with Gasteiger partial charge in [0, 0.05) is 42.8 Å². The number of nitriles is 1. The van der Waals surface area contributed by atoms with Gasteiger partial charge in [0.05, 0.1) is 27.2 Å². The Kier molecular flexibility index (Phi) is 7.38. The number of pyridine rings is 1. The average Bonchev–Trinajstić information content (AvgIpc) is 3.26. The van der Waals surface area contributed by atoms with Crippen molar-refractivity contribution in [2.45, 2.75) is 13.5 Å². The number of hydrogen-bond acceptors (Lipinski definition) is 7. The summed E-state index contributed by atoms with van der Waals surface area (Å²) in [5, 5.41) is 13.2. The highest BCUT2D eigenvalue weighted by Gasteiger charge is 2.25. The quantitative estimate of drug-likeness (QED) is 0.236. The molecule has 3 aromatic heterocycles. The van der Waals surface area contributed by atoms with E-state index in [4.69, 9.17) is 22.1 Å². The lowest BCUT2D eigenvalue weighted by Gasteiger charge is -2.13. The molecule has 9 nitrogen and oxygen atoms in total. The predicted octanol–water partition coefficient (Wildman–Crippen LogP) is 5.85. The van der Waals surface area contributed by atoms with Crippen LogP contribution in [0.1, 0.15) is 16.8 Å². The number of nitrogens with one attached hydrogen (secondary N) is 1. The van der Waals surface area contributed by atoms with Crippen molar-refractivity contribution in [2.24, 2.45) is 7.05 Å². The number of fused-ring (bicyclic) bond motifs is 1. The minimum absolute atomic E-state index is 0.126. The van der Waals surface area contributed by atoms with E-state index in [1.165, 1.54) is 12.3 Å². The topological polar surface area (TPSA) is 132 Å². The molecule has 5 aromatic rings. The lowest BCUT2D eigenvalue weighted by atomic mass is 9.97. The second-order valence-electron chi connectivity index (χ2n) is 9.14. The number of carbonyl (C=O) groups excluding carboxylic acids is 1. The van der Waals surface area contributed by atoms with Crippen LogP contribution in [0.4, 0.5) is 10.2 Å². The fraction of sp³-hybridized carbons (Fsp3) is 0.100. The van der Waals surface area contributed by atoms with E-state index < -0.39 is 5.82 Å². The number of aromatic nitrogens is 4. The molecular formula is C30H23ClFN7O2. The summed E-state index contributed by atoms with van der Waals surface area (Å²) in [5.74, 6) is -0.403. The Hall–Kier alpha value is -5.27. The molecule has 0 saturated carbocycles. The number of anilines is 1. The second kappa shape index (κ2) is 11.1. The van der Waals surface area contributed by atoms with Crippen LogP contribution in [0.25, 0.3) is 33.3 Å². The summed E-state index contributed by atoms with van der Waals surface area (Å²) in [6, 6.07) is 13.8. The zero-order valence-electron chi connectivity index (χ0n) is 22.1. The van der Waals surface area contributed by atoms with Gasteiger partial charge in [-0.1, -0.05) is 30.3 Å². The number of ether oxygens (including phenoxy) is 1. The zero-order valence-corrected chi connectivity index (χ0v) is 22.8. The summed E-state index contributed by atoms with van der Waals surface area (Å²) in [7, 11) is 1.73. The number of rotatable bonds is 7. The summed E-state index contributed by atoms with van der Waals surface area (Å²) in [6.07, 6.45) is 4.12. The maximum atomic E-state index is 15.7. The maximum absolute atomic E-state index is 15.7. The molecule has 204 valence electrons. The Labute approximate surface area is 239 Å². The molecule has 3 N–H and O–H groups in total. The Bertz CT molecular complexity index is 1890. The molecule has 5 rings (SSSR count). The van der Waals surface area contributed by atoms with Gasteiger partial charge in [0.15, 0.2) is 0 Å². The number of amides is 1. The molecular weight excluding hydrogens is 545 g/mol. The summed E-state index contributed by atoms with van der Waals surface area (Å²) < 4.78 is 23.2. The molecule has 0 atom stereocenters. The third kappa shape index (κ3) is 5.18. The second-order valence-corrected chi connectivity index (χ2v) is 9.55. The van der Waals surface area contributed by atoms with Crippen LogP contribution in [0.15, 0.2) is 67.5 Å². The molecule has 0 aliphatic rings. The van der Waals surface area contributed by atoms with E-state index in [0.717, 1.165) is 11.8 Å². The van der Waals surface area contributed by atoms with Gasteiger partial charge in [-0.2, -0.15) is 5.26 Å². The van der Waals surface area contributed by atoms with Crippen molar-refractivity contribution in [3.8, 4) is 40.2 Å². The smallest absolute Gasteiger partial charge is 0.322 e. The van der Waals surface area contributed by atoms with Crippen LogP contribution in [0, 0.1) is 24.1 Å². The van der Waals surface area contributed by atoms with Crippen LogP contribution in [-0.2, 0) is 18.4 Å². The van der Waals surface area contributed by atoms with E-state index in [9.17, 15) is 10.1 Å². The van der Waals surface area contributed by atoms with Crippen LogP contribution in [0.2, 0.25) is 5.02 Å². The first-order chi connectivity index (χ1) is 19.7. The fourth-order valence-corrected chi connectivity index (χ4v) is 4.84. The lowest BCUT2D eigenvalue weighted by Crippen LogP contribution is -2.20. The molecule has 0 spiro atoms. The van der Waals surface area contributed by atoms with Gasteiger partial charge < -0.3 is 20.4 Å². The summed E-state index contributed by atoms with van der Waals surface area (Å²) in [5.41, 5.74) is 10.3. The standard InChI is InChI=1S/C30H23ClFN7O2/c1-4-24(40)36-14-17-5-7-20(22(32)11-17)28-25(26-27(39(28)3)19(13-33)15-37-29(26)34)18-6-8-23(21(31)12-18)41-30-35-10-9-16(2)38-30/h4-12,15H,1,14H2,2-3H3,(H2,34,37)(H,36,40). The van der Waals surface area contributed by atoms with Gasteiger partial charge in [0.1, 0.15) is 23.5 Å². The largest absolute Gasteiger partial charge is 0.423 e. The first kappa shape index (κ1) is 27.3. The van der Waals surface area contributed by atoms with E-state index in [-0.39, 0.29) is 40.4 Å². The third-order valence-corrected chi connectivity index (χ3v) is 6.79. The Balaban J connectivity index is 1.68. The minimum Gasteiger partial charge on any atom is -0.423 e. The van der Waals surface area contributed by atoms with Gasteiger partial charge in [-0.05, 0) is 54.5 Å². The number of nitrogen functional groups attached to an aromatic ring is 1. The number of benzene rings is 2. The lowest BCUT2D eigenvalue weighted by molar-refractivity contribution is -0.116. The molecule has 1 amide bonds. The van der Waals surface area contributed by atoms with Crippen LogP contribution in [-0.4, -0.2) is 25.4 Å². The summed E-state index contributed by atoms with van der Waals surface area (Å²) in [6.45, 7) is 5.36. The molecule has 2 aromatic carbocycles. The van der Waals surface area contributed by atoms with Crippen molar-refractivity contribution < 1.29 is 13.9 Å². The van der Waals surface area contributed by atoms with E-state index in [1.807, 2.05) is 6.92 Å². The minimum atomic E-state index is -0.532. The predicted molar refractivity (Wildman–Crippen MR) is 155 cm³/mol. The molecule has 3 heterocycles. The summed E-state index contributed by atoms with van der Waals surface area (Å²) >= 11 is 6.65. The van der Waals surface area contributed by atoms with E-state index in [2.05, 4.69) is 32.9 Å². The third-order valence-electron chi connectivity index (χ3n) is 6.49. The summed E-state index contributed by atoms with van der Waals surface area (Å²) in [4.78, 5) is 24.1. The Morgan fingerprint density at radius 3 is 2.76 bits per heavy atom. The number of nitrogens with zero attached hydrogens (tertiary/aromatic N) is 5. The molecule has 0 aliphatic heterocycles. The van der Waals surface area contributed by atoms with Gasteiger partial charge >= 0.3 is 6.01 Å². The van der Waals surface area contributed by atoms with Gasteiger partial charge in [-0.3, -0.25) is 4.79 Å². The van der Waals surface area contributed by atoms with E-state index in [0.29, 0.717) is 39.0 Å². The first-order valence-electron chi connectivity index (χ1n) is 12.3. The molecule has 0 saturated heterocycles. The van der Waals surface area contributed by atoms with Crippen molar-refractivity contribution in [2.75, 3.05) is 5.73 Å². The SMILES string of the molecule is C=CC(=O)NCc1ccc(-c2c(-c3ccc(Oc4nccc(C)n4)c(Cl)c3)c3c(N)ncc(C#N)c3n2C)c(F)c1. The number of aryl methyl sites for hydroxylation is 2. The highest BCUT2D eigenvalue weighted by atomic mass is 35.5. The highest BCUT2D eigenvalue weighted by molar-refractivity contribution is 6.32. The normalized spacial score (nSPS) is 10.8. The molecule has 41 heavy (non-hydrogen) atoms. The van der Waals surface area contributed by atoms with Gasteiger partial charge in [0.25, 0.3) is 0 Å². The molecule has 0 bridgehead atoms. The van der Waals surface area contributed by atoms with Crippen LogP contribution in [0.5, 0.6) is 11.8 Å². The monoisotopic (exact) mass is 567 g/mol. The molecule has 0 fully saturated rings. The van der Waals surface area contributed by atoms with Crippen LogP contribution in [0.3, 0.4) is 0 Å². The van der Waals surface area contributed by atoms with Crippen molar-refractivity contribution in [3.63, 3.8) is 0 Å². The van der Waals surface area contributed by atoms with Crippen molar-refractivity contribution in [1.29, 1.82) is 5.26 Å². The Morgan fingerprint density at radius 1 is 1.27 bits per heavy atom. The first-order valence-corrected chi connectivity index (χ1v) is 12.7. The number of hydrogen-bond donors (Lipinski definition) is 2. The zero-order chi connectivity index (χ0) is 29.3. The average molecular weight is 568 g/mol. The van der Waals surface area contributed by atoms with Crippen molar-refractivity contribution >= 4 is 34.2 Å². The molecule has 0 aliphatic carbocycles. The van der Waals surface area contributed by atoms with E-state index >= 15 is 4.39 Å². The highest BCUT2D eigenvalue weighted by Crippen LogP contribution is 2.45. The van der Waals surface area contributed by atoms with Gasteiger partial charge in [-0.15, -0.1) is 0 Å². The van der Waals surface area contributed by atoms with E-state index in [1.54, 1.807) is 54.2 Å². The number of carbonyl (C=O) groups is 1. The van der Waals surface area contributed by atoms with Crippen molar-refractivity contribution in [1.82, 2.24) is 24.8 Å². The molecule has 11 heteroatoms. The van der Waals surface area contributed by atoms with Gasteiger partial charge in [0.2, 0.25) is 5.91 Å². The molecule has 0 radical (unpaired) electrons. The van der Waals surface area contributed by atoms with Gasteiger partial charge in [-0.25, -0.2) is 19.3 Å². The van der Waals surface area contributed by atoms with Crippen LogP contribution >= 0.6 is 11.6 Å². The fourth-order valence-electron chi connectivity index (χ4n) is 4.62.